The van der Waals surface area contributed by atoms with E-state index in [9.17, 15) is 9.59 Å². The number of H-pyrrole nitrogens is 1. The number of benzene rings is 1. The largest absolute Gasteiger partial charge is 0.466 e. The number of fused-ring (bicyclic) bond motifs is 1. The minimum absolute atomic E-state index is 0.207. The Morgan fingerprint density at radius 1 is 1.27 bits per heavy atom. The van der Waals surface area contributed by atoms with E-state index < -0.39 is 5.97 Å². The van der Waals surface area contributed by atoms with Crippen LogP contribution in [0.3, 0.4) is 0 Å². The third kappa shape index (κ3) is 3.69. The summed E-state index contributed by atoms with van der Waals surface area (Å²) in [7, 11) is 1.35. The first-order valence-electron chi connectivity index (χ1n) is 8.72. The third-order valence-electron chi connectivity index (χ3n) is 4.55. The van der Waals surface area contributed by atoms with Crippen LogP contribution in [-0.4, -0.2) is 40.5 Å². The quantitative estimate of drug-likeness (QED) is 0.857. The highest BCUT2D eigenvalue weighted by atomic mass is 16.5. The van der Waals surface area contributed by atoms with Crippen molar-refractivity contribution in [1.82, 2.24) is 14.9 Å². The second-order valence-electron chi connectivity index (χ2n) is 6.61. The summed E-state index contributed by atoms with van der Waals surface area (Å²) in [6.07, 6.45) is 2.66. The van der Waals surface area contributed by atoms with Gasteiger partial charge < -0.3 is 14.6 Å². The Hall–Kier alpha value is -2.89. The second-order valence-corrected chi connectivity index (χ2v) is 6.61. The van der Waals surface area contributed by atoms with Gasteiger partial charge in [0, 0.05) is 42.8 Å². The molecule has 26 heavy (non-hydrogen) atoms. The molecule has 0 unspecified atom stereocenters. The van der Waals surface area contributed by atoms with Gasteiger partial charge in [0.05, 0.1) is 18.4 Å². The van der Waals surface area contributed by atoms with Gasteiger partial charge in [-0.1, -0.05) is 30.3 Å². The Bertz CT molecular complexity index is 885. The van der Waals surface area contributed by atoms with Crippen LogP contribution in [0.1, 0.15) is 25.1 Å². The Morgan fingerprint density at radius 3 is 2.65 bits per heavy atom. The number of rotatable bonds is 3. The summed E-state index contributed by atoms with van der Waals surface area (Å²) in [5, 5.41) is 0. The van der Waals surface area contributed by atoms with Crippen molar-refractivity contribution in [2.24, 2.45) is 0 Å². The smallest absolute Gasteiger partial charge is 0.335 e. The minimum atomic E-state index is -0.421. The van der Waals surface area contributed by atoms with Crippen LogP contribution in [0.4, 0.5) is 0 Å². The maximum Gasteiger partial charge on any atom is 0.335 e. The Morgan fingerprint density at radius 2 is 2.00 bits per heavy atom. The van der Waals surface area contributed by atoms with Gasteiger partial charge in [0.25, 0.3) is 5.56 Å². The first-order chi connectivity index (χ1) is 12.5. The van der Waals surface area contributed by atoms with Crippen molar-refractivity contribution in [3.63, 3.8) is 0 Å². The van der Waals surface area contributed by atoms with Gasteiger partial charge in [0.2, 0.25) is 0 Å². The van der Waals surface area contributed by atoms with E-state index in [1.54, 1.807) is 0 Å². The Kier molecular flexibility index (Phi) is 5.21. The number of aromatic amines is 1. The lowest BCUT2D eigenvalue weighted by Gasteiger charge is -2.28. The van der Waals surface area contributed by atoms with Crippen molar-refractivity contribution in [2.45, 2.75) is 32.7 Å². The fraction of sp³-hybridized carbons (Fsp3) is 0.350. The number of nitrogens with zero attached hydrogens (tertiary/aromatic N) is 2. The molecule has 0 bridgehead atoms. The highest BCUT2D eigenvalue weighted by molar-refractivity contribution is 5.88. The van der Waals surface area contributed by atoms with Gasteiger partial charge in [0.1, 0.15) is 5.82 Å². The summed E-state index contributed by atoms with van der Waals surface area (Å²) in [6.45, 7) is 4.80. The molecule has 2 heterocycles. The van der Waals surface area contributed by atoms with Gasteiger partial charge in [-0.2, -0.15) is 0 Å². The standard InChI is InChI=1S/C20H23N3O3/c1-13(2)23-10-9-17-16(11-15(12-23)20(25)26-3)19(24)22-18(21-17)14-7-5-4-6-8-14/h4-8,12-13H,9-11H2,1-3H3,(H,21,22,24). The highest BCUT2D eigenvalue weighted by Gasteiger charge is 2.22. The van der Waals surface area contributed by atoms with Crippen LogP contribution in [0.2, 0.25) is 0 Å². The SMILES string of the molecule is COC(=O)C1=CN(C(C)C)CCc2nc(-c3ccccc3)[nH]c(=O)c2C1. The zero-order valence-corrected chi connectivity index (χ0v) is 15.3. The third-order valence-corrected chi connectivity index (χ3v) is 4.55. The average molecular weight is 353 g/mol. The minimum Gasteiger partial charge on any atom is -0.466 e. The maximum atomic E-state index is 12.7. The lowest BCUT2D eigenvalue weighted by Crippen LogP contribution is -2.33. The first-order valence-corrected chi connectivity index (χ1v) is 8.72. The van der Waals surface area contributed by atoms with Crippen LogP contribution in [0.15, 0.2) is 46.9 Å². The molecule has 0 atom stereocenters. The molecule has 3 rings (SSSR count). The van der Waals surface area contributed by atoms with Crippen LogP contribution in [-0.2, 0) is 22.4 Å². The first kappa shape index (κ1) is 17.9. The molecule has 6 nitrogen and oxygen atoms in total. The molecule has 0 radical (unpaired) electrons. The summed E-state index contributed by atoms with van der Waals surface area (Å²) in [4.78, 5) is 34.5. The molecule has 0 saturated heterocycles. The van der Waals surface area contributed by atoms with E-state index in [1.165, 1.54) is 7.11 Å². The molecule has 1 aromatic carbocycles. The maximum absolute atomic E-state index is 12.7. The number of aromatic nitrogens is 2. The average Bonchev–Trinajstić information content (AvgIpc) is 2.62. The van der Waals surface area contributed by atoms with Crippen molar-refractivity contribution >= 4 is 5.97 Å². The van der Waals surface area contributed by atoms with Gasteiger partial charge in [0.15, 0.2) is 0 Å². The molecule has 2 aromatic rings. The lowest BCUT2D eigenvalue weighted by molar-refractivity contribution is -0.136. The molecule has 0 spiro atoms. The zero-order valence-electron chi connectivity index (χ0n) is 15.3. The van der Waals surface area contributed by atoms with Crippen molar-refractivity contribution in [3.05, 3.63) is 63.7 Å². The number of esters is 1. The van der Waals surface area contributed by atoms with Crippen LogP contribution in [0.5, 0.6) is 0 Å². The van der Waals surface area contributed by atoms with E-state index in [-0.39, 0.29) is 18.0 Å². The molecule has 1 aliphatic heterocycles. The molecular weight excluding hydrogens is 330 g/mol. The van der Waals surface area contributed by atoms with Crippen LogP contribution in [0, 0.1) is 0 Å². The fourth-order valence-electron chi connectivity index (χ4n) is 3.07. The Labute approximate surface area is 152 Å². The van der Waals surface area contributed by atoms with Gasteiger partial charge in [-0.05, 0) is 13.8 Å². The molecule has 0 saturated carbocycles. The molecule has 1 aliphatic rings. The van der Waals surface area contributed by atoms with Crippen LogP contribution < -0.4 is 5.56 Å². The zero-order chi connectivity index (χ0) is 18.7. The molecule has 6 heteroatoms. The number of carbonyl (C=O) groups excluding carboxylic acids is 1. The molecule has 1 aromatic heterocycles. The number of methoxy groups -OCH3 is 1. The second kappa shape index (κ2) is 7.56. The van der Waals surface area contributed by atoms with Crippen LogP contribution >= 0.6 is 0 Å². The summed E-state index contributed by atoms with van der Waals surface area (Å²) in [6, 6.07) is 9.78. The normalized spacial score (nSPS) is 14.3. The fourth-order valence-corrected chi connectivity index (χ4v) is 3.07. The number of nitrogens with one attached hydrogen (secondary N) is 1. The molecule has 0 aliphatic carbocycles. The molecule has 0 fully saturated rings. The molecule has 136 valence electrons. The number of hydrogen-bond donors (Lipinski definition) is 1. The van der Waals surface area contributed by atoms with Crippen molar-refractivity contribution in [3.8, 4) is 11.4 Å². The monoisotopic (exact) mass is 353 g/mol. The van der Waals surface area contributed by atoms with Gasteiger partial charge >= 0.3 is 5.97 Å². The number of carbonyl (C=O) groups is 1. The predicted molar refractivity (Wildman–Crippen MR) is 99.6 cm³/mol. The topological polar surface area (TPSA) is 75.3 Å². The summed E-state index contributed by atoms with van der Waals surface area (Å²) < 4.78 is 4.90. The molecule has 0 amide bonds. The van der Waals surface area contributed by atoms with E-state index in [0.29, 0.717) is 29.9 Å². The summed E-state index contributed by atoms with van der Waals surface area (Å²) in [5.41, 5.74) is 2.37. The van der Waals surface area contributed by atoms with E-state index in [1.807, 2.05) is 36.5 Å². The summed E-state index contributed by atoms with van der Waals surface area (Å²) >= 11 is 0. The Balaban J connectivity index is 2.07. The van der Waals surface area contributed by atoms with Crippen molar-refractivity contribution < 1.29 is 9.53 Å². The number of ether oxygens (including phenoxy) is 1. The van der Waals surface area contributed by atoms with Gasteiger partial charge in [-0.3, -0.25) is 4.79 Å². The summed E-state index contributed by atoms with van der Waals surface area (Å²) in [5.74, 6) is 0.129. The molecule has 1 N–H and O–H groups in total. The van der Waals surface area contributed by atoms with Gasteiger partial charge in [-0.25, -0.2) is 9.78 Å². The lowest BCUT2D eigenvalue weighted by atomic mass is 10.0. The van der Waals surface area contributed by atoms with Gasteiger partial charge in [-0.15, -0.1) is 0 Å². The predicted octanol–water partition coefficient (Wildman–Crippen LogP) is 2.30. The van der Waals surface area contributed by atoms with E-state index >= 15 is 0 Å². The highest BCUT2D eigenvalue weighted by Crippen LogP contribution is 2.20. The molecular formula is C20H23N3O3. The van der Waals surface area contributed by atoms with E-state index in [2.05, 4.69) is 23.7 Å². The van der Waals surface area contributed by atoms with E-state index in [4.69, 9.17) is 9.72 Å². The van der Waals surface area contributed by atoms with E-state index in [0.717, 1.165) is 11.3 Å². The van der Waals surface area contributed by atoms with Crippen molar-refractivity contribution in [1.29, 1.82) is 0 Å². The van der Waals surface area contributed by atoms with Crippen molar-refractivity contribution in [2.75, 3.05) is 13.7 Å². The number of hydrogen-bond acceptors (Lipinski definition) is 5. The van der Waals surface area contributed by atoms with Crippen LogP contribution in [0.25, 0.3) is 11.4 Å².